The fourth-order valence-electron chi connectivity index (χ4n) is 4.67. The van der Waals surface area contributed by atoms with Gasteiger partial charge in [0.05, 0.1) is 0 Å². The number of hydrogen-bond donors (Lipinski definition) is 1. The van der Waals surface area contributed by atoms with Crippen molar-refractivity contribution in [3.05, 3.63) is 35.0 Å². The van der Waals surface area contributed by atoms with E-state index in [0.29, 0.717) is 22.7 Å². The third kappa shape index (κ3) is 3.18. The van der Waals surface area contributed by atoms with E-state index >= 15 is 0 Å². The van der Waals surface area contributed by atoms with Gasteiger partial charge in [-0.15, -0.1) is 0 Å². The number of benzene rings is 1. The first-order valence-corrected chi connectivity index (χ1v) is 9.79. The SMILES string of the molecule is Cn1c(C(=O)NCC2CCCN3CCCC[C@H]23)cc2c(Cl)cccc21. The minimum Gasteiger partial charge on any atom is -0.350 e. The Morgan fingerprint density at radius 3 is 2.92 bits per heavy atom. The summed E-state index contributed by atoms with van der Waals surface area (Å²) in [6.07, 6.45) is 6.41. The maximum absolute atomic E-state index is 12.8. The molecule has 3 heterocycles. The van der Waals surface area contributed by atoms with Crippen molar-refractivity contribution in [3.8, 4) is 0 Å². The molecule has 0 aliphatic carbocycles. The zero-order valence-corrected chi connectivity index (χ0v) is 15.6. The second-order valence-electron chi connectivity index (χ2n) is 7.47. The van der Waals surface area contributed by atoms with Crippen molar-refractivity contribution in [2.45, 2.75) is 38.1 Å². The highest BCUT2D eigenvalue weighted by molar-refractivity contribution is 6.35. The molecule has 2 aliphatic heterocycles. The number of aryl methyl sites for hydroxylation is 1. The Hall–Kier alpha value is -1.52. The number of aromatic nitrogens is 1. The van der Waals surface area contributed by atoms with Gasteiger partial charge in [0.25, 0.3) is 5.91 Å². The molecule has 2 fully saturated rings. The van der Waals surface area contributed by atoms with Crippen LogP contribution in [-0.4, -0.2) is 41.1 Å². The van der Waals surface area contributed by atoms with Crippen molar-refractivity contribution in [1.82, 2.24) is 14.8 Å². The Bertz CT molecular complexity index is 783. The van der Waals surface area contributed by atoms with E-state index in [4.69, 9.17) is 11.6 Å². The van der Waals surface area contributed by atoms with Crippen LogP contribution in [0.2, 0.25) is 5.02 Å². The Morgan fingerprint density at radius 2 is 2.08 bits per heavy atom. The van der Waals surface area contributed by atoms with Gasteiger partial charge in [-0.3, -0.25) is 4.79 Å². The largest absolute Gasteiger partial charge is 0.350 e. The van der Waals surface area contributed by atoms with Crippen LogP contribution in [0.3, 0.4) is 0 Å². The first-order chi connectivity index (χ1) is 12.1. The topological polar surface area (TPSA) is 37.3 Å². The van der Waals surface area contributed by atoms with Crippen molar-refractivity contribution in [3.63, 3.8) is 0 Å². The summed E-state index contributed by atoms with van der Waals surface area (Å²) in [4.78, 5) is 15.4. The molecule has 2 aromatic rings. The molecule has 1 aromatic carbocycles. The summed E-state index contributed by atoms with van der Waals surface area (Å²) in [6.45, 7) is 3.24. The highest BCUT2D eigenvalue weighted by atomic mass is 35.5. The van der Waals surface area contributed by atoms with Crippen molar-refractivity contribution in [2.75, 3.05) is 19.6 Å². The van der Waals surface area contributed by atoms with Crippen LogP contribution in [-0.2, 0) is 7.05 Å². The zero-order valence-electron chi connectivity index (χ0n) is 14.8. The quantitative estimate of drug-likeness (QED) is 0.904. The number of carbonyl (C=O) groups is 1. The molecule has 5 heteroatoms. The molecule has 1 N–H and O–H groups in total. The molecule has 4 rings (SSSR count). The zero-order chi connectivity index (χ0) is 17.4. The van der Waals surface area contributed by atoms with E-state index in [-0.39, 0.29) is 5.91 Å². The fraction of sp³-hybridized carbons (Fsp3) is 0.550. The van der Waals surface area contributed by atoms with Gasteiger partial charge in [-0.1, -0.05) is 24.1 Å². The van der Waals surface area contributed by atoms with Gasteiger partial charge in [-0.05, 0) is 62.9 Å². The lowest BCUT2D eigenvalue weighted by Gasteiger charge is -2.44. The molecule has 134 valence electrons. The highest BCUT2D eigenvalue weighted by Gasteiger charge is 2.33. The van der Waals surface area contributed by atoms with Crippen molar-refractivity contribution >= 4 is 28.4 Å². The summed E-state index contributed by atoms with van der Waals surface area (Å²) >= 11 is 6.27. The third-order valence-corrected chi connectivity index (χ3v) is 6.35. The first kappa shape index (κ1) is 16.9. The van der Waals surface area contributed by atoms with E-state index in [1.807, 2.05) is 35.9 Å². The molecule has 1 unspecified atom stereocenters. The molecule has 0 spiro atoms. The van der Waals surface area contributed by atoms with Crippen LogP contribution in [0.25, 0.3) is 10.9 Å². The van der Waals surface area contributed by atoms with Crippen LogP contribution in [0.4, 0.5) is 0 Å². The summed E-state index contributed by atoms with van der Waals surface area (Å²) in [6, 6.07) is 8.35. The van der Waals surface area contributed by atoms with Gasteiger partial charge >= 0.3 is 0 Å². The minimum absolute atomic E-state index is 0.00250. The summed E-state index contributed by atoms with van der Waals surface area (Å²) in [5.74, 6) is 0.582. The highest BCUT2D eigenvalue weighted by Crippen LogP contribution is 2.31. The number of hydrogen-bond acceptors (Lipinski definition) is 2. The number of amides is 1. The van der Waals surface area contributed by atoms with Crippen LogP contribution >= 0.6 is 11.6 Å². The van der Waals surface area contributed by atoms with Gasteiger partial charge < -0.3 is 14.8 Å². The molecule has 0 saturated carbocycles. The average molecular weight is 360 g/mol. The molecular weight excluding hydrogens is 334 g/mol. The van der Waals surface area contributed by atoms with Crippen LogP contribution in [0.5, 0.6) is 0 Å². The summed E-state index contributed by atoms with van der Waals surface area (Å²) < 4.78 is 1.93. The van der Waals surface area contributed by atoms with Crippen LogP contribution in [0.15, 0.2) is 24.3 Å². The van der Waals surface area contributed by atoms with E-state index < -0.39 is 0 Å². The maximum Gasteiger partial charge on any atom is 0.267 e. The fourth-order valence-corrected chi connectivity index (χ4v) is 4.90. The normalized spacial score (nSPS) is 24.2. The summed E-state index contributed by atoms with van der Waals surface area (Å²) in [5, 5.41) is 4.82. The van der Waals surface area contributed by atoms with Gasteiger partial charge in [-0.2, -0.15) is 0 Å². The van der Waals surface area contributed by atoms with Gasteiger partial charge in [0.15, 0.2) is 0 Å². The number of rotatable bonds is 3. The second-order valence-corrected chi connectivity index (χ2v) is 7.88. The molecule has 25 heavy (non-hydrogen) atoms. The summed E-state index contributed by atoms with van der Waals surface area (Å²) in [5.41, 5.74) is 1.67. The number of carbonyl (C=O) groups excluding carboxylic acids is 1. The minimum atomic E-state index is 0.00250. The lowest BCUT2D eigenvalue weighted by atomic mass is 9.83. The van der Waals surface area contributed by atoms with E-state index in [9.17, 15) is 4.79 Å². The molecule has 1 amide bonds. The van der Waals surface area contributed by atoms with E-state index in [2.05, 4.69) is 10.2 Å². The number of fused-ring (bicyclic) bond motifs is 2. The van der Waals surface area contributed by atoms with Crippen molar-refractivity contribution in [1.29, 1.82) is 0 Å². The molecule has 2 aliphatic rings. The Labute approximate surface area is 154 Å². The average Bonchev–Trinajstić information content (AvgIpc) is 2.98. The first-order valence-electron chi connectivity index (χ1n) is 9.41. The molecule has 2 atom stereocenters. The van der Waals surface area contributed by atoms with Crippen LogP contribution < -0.4 is 5.32 Å². The Kier molecular flexibility index (Phi) is 4.74. The van der Waals surface area contributed by atoms with Gasteiger partial charge in [0.1, 0.15) is 5.69 Å². The standard InChI is InChI=1S/C20H26ClN3O/c1-23-18-9-4-7-16(21)15(18)12-19(23)20(25)22-13-14-6-5-11-24-10-3-2-8-17(14)24/h4,7,9,12,14,17H,2-3,5-6,8,10-11,13H2,1H3,(H,22,25)/t14?,17-/m1/s1. The Morgan fingerprint density at radius 1 is 1.24 bits per heavy atom. The lowest BCUT2D eigenvalue weighted by Crippen LogP contribution is -2.51. The number of nitrogens with zero attached hydrogens (tertiary/aromatic N) is 2. The van der Waals surface area contributed by atoms with E-state index in [1.165, 1.54) is 45.2 Å². The predicted molar refractivity (Wildman–Crippen MR) is 102 cm³/mol. The van der Waals surface area contributed by atoms with Crippen molar-refractivity contribution < 1.29 is 4.79 Å². The van der Waals surface area contributed by atoms with Gasteiger partial charge in [-0.25, -0.2) is 0 Å². The predicted octanol–water partition coefficient (Wildman–Crippen LogP) is 3.83. The van der Waals surface area contributed by atoms with Crippen LogP contribution in [0.1, 0.15) is 42.6 Å². The van der Waals surface area contributed by atoms with E-state index in [1.54, 1.807) is 0 Å². The summed E-state index contributed by atoms with van der Waals surface area (Å²) in [7, 11) is 1.93. The number of piperidine rings is 2. The maximum atomic E-state index is 12.8. The number of halogens is 1. The lowest BCUT2D eigenvalue weighted by molar-refractivity contribution is 0.0574. The molecule has 4 nitrogen and oxygen atoms in total. The third-order valence-electron chi connectivity index (χ3n) is 6.02. The molecule has 0 bridgehead atoms. The van der Waals surface area contributed by atoms with Gasteiger partial charge in [0, 0.05) is 35.6 Å². The monoisotopic (exact) mass is 359 g/mol. The molecule has 0 radical (unpaired) electrons. The molecular formula is C20H26ClN3O. The van der Waals surface area contributed by atoms with Gasteiger partial charge in [0.2, 0.25) is 0 Å². The van der Waals surface area contributed by atoms with E-state index in [0.717, 1.165) is 17.4 Å². The smallest absolute Gasteiger partial charge is 0.267 e. The molecule has 1 aromatic heterocycles. The number of nitrogens with one attached hydrogen (secondary N) is 1. The molecule has 2 saturated heterocycles. The second kappa shape index (κ2) is 7.00. The Balaban J connectivity index is 1.47. The van der Waals surface area contributed by atoms with Crippen molar-refractivity contribution in [2.24, 2.45) is 13.0 Å². The van der Waals surface area contributed by atoms with Crippen LogP contribution in [0, 0.1) is 5.92 Å².